The van der Waals surface area contributed by atoms with E-state index < -0.39 is 11.2 Å². The first-order valence-electron chi connectivity index (χ1n) is 5.58. The van der Waals surface area contributed by atoms with E-state index in [-0.39, 0.29) is 58.2 Å². The number of hydrogen-bond acceptors (Lipinski definition) is 2. The van der Waals surface area contributed by atoms with Gasteiger partial charge in [-0.2, -0.15) is 0 Å². The molecule has 1 aromatic carbocycles. The summed E-state index contributed by atoms with van der Waals surface area (Å²) in [5, 5.41) is 11.1. The molecule has 0 amide bonds. The van der Waals surface area contributed by atoms with Crippen molar-refractivity contribution in [1.82, 2.24) is 0 Å². The molecular weight excluding hydrogens is 274 g/mol. The Labute approximate surface area is 145 Å². The Kier molecular flexibility index (Phi) is 6.41. The van der Waals surface area contributed by atoms with E-state index in [2.05, 4.69) is 0 Å². The minimum absolute atomic E-state index is 0. The Hall–Kier alpha value is 0.495. The van der Waals surface area contributed by atoms with Gasteiger partial charge in [-0.05, 0) is 30.4 Å². The molecule has 80 valence electrons. The number of rotatable bonds is 1. The van der Waals surface area contributed by atoms with E-state index in [1.807, 2.05) is 12.1 Å². The fraction of sp³-hybridized carbons (Fsp3) is 0.462. The van der Waals surface area contributed by atoms with Gasteiger partial charge in [0.25, 0.3) is 0 Å². The van der Waals surface area contributed by atoms with Gasteiger partial charge < -0.3 is 5.11 Å². The summed E-state index contributed by atoms with van der Waals surface area (Å²) in [6.45, 7) is 0. The van der Waals surface area contributed by atoms with E-state index in [1.165, 1.54) is 44.2 Å². The molecular formula is C13H15O2Rb. The summed E-state index contributed by atoms with van der Waals surface area (Å²) < 4.78 is 0. The molecule has 1 saturated carbocycles. The van der Waals surface area contributed by atoms with Crippen LogP contribution in [-0.4, -0.2) is 0 Å². The van der Waals surface area contributed by atoms with Crippen molar-refractivity contribution in [3.8, 4) is 5.75 Å². The van der Waals surface area contributed by atoms with Crippen molar-refractivity contribution >= 4 is 0 Å². The number of hydrogen-bond donors (Lipinski definition) is 0. The zero-order valence-corrected chi connectivity index (χ0v) is 14.7. The molecule has 0 unspecified atom stereocenters. The maximum Gasteiger partial charge on any atom is 1.00 e. The molecule has 0 atom stereocenters. The minimum atomic E-state index is -0.406. The molecule has 2 nitrogen and oxygen atoms in total. The predicted octanol–water partition coefficient (Wildman–Crippen LogP) is -0.828. The van der Waals surface area contributed by atoms with Crippen LogP contribution in [0.4, 0.5) is 0 Å². The SMILES string of the molecule is O=c1ccc(C2CCCCC2)ccc1[O-].[Rb+]. The minimum Gasteiger partial charge on any atom is -0.870 e. The summed E-state index contributed by atoms with van der Waals surface area (Å²) in [5.41, 5.74) is 0.742. The maximum absolute atomic E-state index is 11.1. The fourth-order valence-electron chi connectivity index (χ4n) is 2.27. The summed E-state index contributed by atoms with van der Waals surface area (Å²) in [7, 11) is 0. The van der Waals surface area contributed by atoms with Crippen LogP contribution in [0, 0.1) is 0 Å². The molecule has 1 fully saturated rings. The van der Waals surface area contributed by atoms with E-state index in [4.69, 9.17) is 0 Å². The van der Waals surface area contributed by atoms with Gasteiger partial charge in [0.15, 0.2) is 5.43 Å². The molecule has 0 saturated heterocycles. The van der Waals surface area contributed by atoms with Gasteiger partial charge >= 0.3 is 58.2 Å². The Bertz CT molecular complexity index is 397. The van der Waals surface area contributed by atoms with Crippen LogP contribution in [0.15, 0.2) is 29.1 Å². The maximum atomic E-state index is 11.1. The van der Waals surface area contributed by atoms with E-state index in [9.17, 15) is 9.90 Å². The van der Waals surface area contributed by atoms with Crippen molar-refractivity contribution in [2.24, 2.45) is 0 Å². The average molecular weight is 289 g/mol. The molecule has 0 aromatic heterocycles. The van der Waals surface area contributed by atoms with Crippen LogP contribution in [0.1, 0.15) is 43.6 Å². The van der Waals surface area contributed by atoms with Crippen LogP contribution in [-0.2, 0) is 0 Å². The van der Waals surface area contributed by atoms with Gasteiger partial charge in [0.05, 0.1) is 0 Å². The van der Waals surface area contributed by atoms with Crippen LogP contribution in [0.25, 0.3) is 0 Å². The topological polar surface area (TPSA) is 40.1 Å². The van der Waals surface area contributed by atoms with Gasteiger partial charge in [-0.1, -0.05) is 43.2 Å². The second kappa shape index (κ2) is 7.05. The summed E-state index contributed by atoms with van der Waals surface area (Å²) in [6, 6.07) is 6.46. The molecule has 0 aliphatic heterocycles. The molecule has 0 heterocycles. The van der Waals surface area contributed by atoms with Crippen molar-refractivity contribution in [1.29, 1.82) is 0 Å². The first-order chi connectivity index (χ1) is 7.27. The van der Waals surface area contributed by atoms with Crippen LogP contribution in [0.2, 0.25) is 0 Å². The molecule has 1 aliphatic rings. The molecule has 2 rings (SSSR count). The van der Waals surface area contributed by atoms with E-state index in [0.29, 0.717) is 5.92 Å². The van der Waals surface area contributed by atoms with Crippen molar-refractivity contribution in [3.05, 3.63) is 40.1 Å². The van der Waals surface area contributed by atoms with Crippen molar-refractivity contribution in [2.45, 2.75) is 38.0 Å². The Morgan fingerprint density at radius 3 is 2.31 bits per heavy atom. The first-order valence-corrected chi connectivity index (χ1v) is 5.58. The molecule has 0 bridgehead atoms. The molecule has 0 spiro atoms. The summed E-state index contributed by atoms with van der Waals surface area (Å²) in [4.78, 5) is 11.1. The molecule has 16 heavy (non-hydrogen) atoms. The third-order valence-corrected chi connectivity index (χ3v) is 3.17. The van der Waals surface area contributed by atoms with Crippen molar-refractivity contribution in [2.75, 3.05) is 0 Å². The van der Waals surface area contributed by atoms with Crippen LogP contribution in [0.3, 0.4) is 0 Å². The smallest absolute Gasteiger partial charge is 0.870 e. The molecule has 0 radical (unpaired) electrons. The molecule has 1 aromatic rings. The van der Waals surface area contributed by atoms with E-state index >= 15 is 0 Å². The van der Waals surface area contributed by atoms with Gasteiger partial charge in [-0.15, -0.1) is 0 Å². The quantitative estimate of drug-likeness (QED) is 0.677. The second-order valence-corrected chi connectivity index (χ2v) is 4.23. The zero-order valence-electron chi connectivity index (χ0n) is 9.74. The summed E-state index contributed by atoms with van der Waals surface area (Å²) in [6.07, 6.45) is 6.21. The second-order valence-electron chi connectivity index (χ2n) is 4.23. The van der Waals surface area contributed by atoms with Crippen molar-refractivity contribution in [3.63, 3.8) is 0 Å². The molecule has 1 aliphatic carbocycles. The van der Waals surface area contributed by atoms with E-state index in [1.54, 1.807) is 0 Å². The summed E-state index contributed by atoms with van der Waals surface area (Å²) in [5.74, 6) is 0.141. The van der Waals surface area contributed by atoms with Gasteiger partial charge in [-0.3, -0.25) is 4.79 Å². The van der Waals surface area contributed by atoms with Gasteiger partial charge in [-0.25, -0.2) is 0 Å². The van der Waals surface area contributed by atoms with Crippen LogP contribution in [0.5, 0.6) is 5.75 Å². The van der Waals surface area contributed by atoms with Crippen LogP contribution < -0.4 is 68.7 Å². The Balaban J connectivity index is 0.00000128. The van der Waals surface area contributed by atoms with Gasteiger partial charge in [0, 0.05) is 0 Å². The normalized spacial score (nSPS) is 16.5. The molecule has 0 N–H and O–H groups in total. The van der Waals surface area contributed by atoms with Crippen LogP contribution >= 0.6 is 0 Å². The third kappa shape index (κ3) is 3.76. The van der Waals surface area contributed by atoms with Gasteiger partial charge in [0.2, 0.25) is 0 Å². The van der Waals surface area contributed by atoms with Gasteiger partial charge in [0.1, 0.15) is 0 Å². The largest absolute Gasteiger partial charge is 1.00 e. The monoisotopic (exact) mass is 288 g/mol. The fourth-order valence-corrected chi connectivity index (χ4v) is 2.27. The predicted molar refractivity (Wildman–Crippen MR) is 58.0 cm³/mol. The molecule has 3 heteroatoms. The third-order valence-electron chi connectivity index (χ3n) is 3.17. The standard InChI is InChI=1S/C13H16O2.Rb/c14-12-8-6-11(7-9-13(12)15)10-4-2-1-3-5-10;/h6-10H,1-5H2,(H,14,15);/q;+1/p-1. The first kappa shape index (κ1) is 14.6. The summed E-state index contributed by atoms with van der Waals surface area (Å²) >= 11 is 0. The van der Waals surface area contributed by atoms with Crippen molar-refractivity contribution < 1.29 is 63.3 Å². The Morgan fingerprint density at radius 2 is 1.62 bits per heavy atom. The average Bonchev–Trinajstić information content (AvgIpc) is 2.44. The zero-order chi connectivity index (χ0) is 10.7. The van der Waals surface area contributed by atoms with E-state index in [0.717, 1.165) is 5.56 Å². The Morgan fingerprint density at radius 1 is 1.00 bits per heavy atom.